The van der Waals surface area contributed by atoms with Crippen molar-refractivity contribution in [2.45, 2.75) is 12.8 Å². The van der Waals surface area contributed by atoms with Crippen LogP contribution in [-0.4, -0.2) is 29.1 Å². The number of carboxylic acid groups (broad SMARTS) is 1. The first-order valence-corrected chi connectivity index (χ1v) is 5.80. The Kier molecular flexibility index (Phi) is 3.45. The second kappa shape index (κ2) is 5.03. The van der Waals surface area contributed by atoms with Crippen LogP contribution in [0.25, 0.3) is 0 Å². The number of nitro groups is 1. The molecule has 2 rings (SSSR count). The molecule has 0 radical (unpaired) electrons. The molecular formula is C12H14N2O4. The molecule has 1 aromatic carbocycles. The zero-order chi connectivity index (χ0) is 13.1. The maximum Gasteiger partial charge on any atom is 0.308 e. The highest BCUT2D eigenvalue weighted by Crippen LogP contribution is 2.25. The summed E-state index contributed by atoms with van der Waals surface area (Å²) in [5, 5.41) is 19.5. The molecule has 96 valence electrons. The molecule has 0 aliphatic carbocycles. The third-order valence-electron chi connectivity index (χ3n) is 3.20. The molecule has 0 saturated carbocycles. The van der Waals surface area contributed by atoms with Crippen molar-refractivity contribution >= 4 is 17.3 Å². The summed E-state index contributed by atoms with van der Waals surface area (Å²) in [5.41, 5.74) is 0.886. The molecule has 1 atom stereocenters. The van der Waals surface area contributed by atoms with Crippen molar-refractivity contribution in [1.82, 2.24) is 0 Å². The average Bonchev–Trinajstić information content (AvgIpc) is 2.39. The fourth-order valence-corrected chi connectivity index (χ4v) is 2.20. The number of non-ortho nitro benzene ring substituents is 1. The highest BCUT2D eigenvalue weighted by Gasteiger charge is 2.25. The summed E-state index contributed by atoms with van der Waals surface area (Å²) in [7, 11) is 0. The van der Waals surface area contributed by atoms with Crippen molar-refractivity contribution in [3.63, 3.8) is 0 Å². The second-order valence-corrected chi connectivity index (χ2v) is 4.40. The van der Waals surface area contributed by atoms with Gasteiger partial charge in [-0.15, -0.1) is 0 Å². The minimum atomic E-state index is -0.776. The van der Waals surface area contributed by atoms with Crippen LogP contribution in [0.2, 0.25) is 0 Å². The first kappa shape index (κ1) is 12.3. The van der Waals surface area contributed by atoms with Crippen molar-refractivity contribution in [3.8, 4) is 0 Å². The van der Waals surface area contributed by atoms with Gasteiger partial charge in [0.25, 0.3) is 5.69 Å². The monoisotopic (exact) mass is 250 g/mol. The van der Waals surface area contributed by atoms with E-state index in [0.717, 1.165) is 18.7 Å². The third-order valence-corrected chi connectivity index (χ3v) is 3.20. The lowest BCUT2D eigenvalue weighted by atomic mass is 9.98. The number of hydrogen-bond acceptors (Lipinski definition) is 4. The maximum atomic E-state index is 11.0. The highest BCUT2D eigenvalue weighted by atomic mass is 16.6. The van der Waals surface area contributed by atoms with Crippen LogP contribution in [0.4, 0.5) is 11.4 Å². The van der Waals surface area contributed by atoms with E-state index in [1.165, 1.54) is 12.1 Å². The number of piperidine rings is 1. The minimum absolute atomic E-state index is 0.0468. The normalized spacial score (nSPS) is 19.6. The van der Waals surface area contributed by atoms with E-state index in [1.54, 1.807) is 12.1 Å². The van der Waals surface area contributed by atoms with Crippen LogP contribution >= 0.6 is 0 Å². The third kappa shape index (κ3) is 2.58. The van der Waals surface area contributed by atoms with Gasteiger partial charge < -0.3 is 10.0 Å². The number of carbonyl (C=O) groups is 1. The van der Waals surface area contributed by atoms with Crippen LogP contribution in [-0.2, 0) is 4.79 Å². The molecule has 6 nitrogen and oxygen atoms in total. The van der Waals surface area contributed by atoms with Crippen molar-refractivity contribution in [2.75, 3.05) is 18.0 Å². The first-order valence-electron chi connectivity index (χ1n) is 5.80. The van der Waals surface area contributed by atoms with Gasteiger partial charge in [0.1, 0.15) is 0 Å². The van der Waals surface area contributed by atoms with Crippen LogP contribution in [0.1, 0.15) is 12.8 Å². The van der Waals surface area contributed by atoms with Gasteiger partial charge in [-0.05, 0) is 25.0 Å². The van der Waals surface area contributed by atoms with Gasteiger partial charge in [-0.25, -0.2) is 0 Å². The number of benzene rings is 1. The van der Waals surface area contributed by atoms with E-state index in [0.29, 0.717) is 13.0 Å². The Morgan fingerprint density at radius 3 is 2.61 bits per heavy atom. The summed E-state index contributed by atoms with van der Waals surface area (Å²) in [6, 6.07) is 6.23. The predicted molar refractivity (Wildman–Crippen MR) is 65.7 cm³/mol. The van der Waals surface area contributed by atoms with Gasteiger partial charge in [-0.3, -0.25) is 14.9 Å². The summed E-state index contributed by atoms with van der Waals surface area (Å²) in [6.07, 6.45) is 1.52. The molecule has 0 bridgehead atoms. The Bertz CT molecular complexity index is 458. The minimum Gasteiger partial charge on any atom is -0.481 e. The van der Waals surface area contributed by atoms with Gasteiger partial charge in [0.15, 0.2) is 0 Å². The van der Waals surface area contributed by atoms with Crippen LogP contribution in [0.5, 0.6) is 0 Å². The fraction of sp³-hybridized carbons (Fsp3) is 0.417. The summed E-state index contributed by atoms with van der Waals surface area (Å²) in [6.45, 7) is 1.26. The van der Waals surface area contributed by atoms with Crippen LogP contribution in [0.15, 0.2) is 24.3 Å². The van der Waals surface area contributed by atoms with E-state index < -0.39 is 10.9 Å². The zero-order valence-electron chi connectivity index (χ0n) is 9.78. The molecule has 1 saturated heterocycles. The summed E-state index contributed by atoms with van der Waals surface area (Å²) in [4.78, 5) is 23.0. The molecule has 0 spiro atoms. The van der Waals surface area contributed by atoms with Crippen molar-refractivity contribution < 1.29 is 14.8 Å². The molecular weight excluding hydrogens is 236 g/mol. The Morgan fingerprint density at radius 2 is 2.06 bits per heavy atom. The van der Waals surface area contributed by atoms with Crippen LogP contribution < -0.4 is 4.90 Å². The first-order chi connectivity index (χ1) is 8.58. The Balaban J connectivity index is 2.11. The molecule has 6 heteroatoms. The molecule has 0 unspecified atom stereocenters. The number of nitrogens with zero attached hydrogens (tertiary/aromatic N) is 2. The molecule has 1 N–H and O–H groups in total. The van der Waals surface area contributed by atoms with Crippen molar-refractivity contribution in [2.24, 2.45) is 5.92 Å². The van der Waals surface area contributed by atoms with Gasteiger partial charge in [0.05, 0.1) is 10.8 Å². The average molecular weight is 250 g/mol. The van der Waals surface area contributed by atoms with E-state index in [-0.39, 0.29) is 11.6 Å². The van der Waals surface area contributed by atoms with Gasteiger partial charge in [0, 0.05) is 30.9 Å². The molecule has 18 heavy (non-hydrogen) atoms. The number of rotatable bonds is 3. The highest BCUT2D eigenvalue weighted by molar-refractivity contribution is 5.71. The van der Waals surface area contributed by atoms with E-state index in [4.69, 9.17) is 5.11 Å². The smallest absolute Gasteiger partial charge is 0.308 e. The molecule has 0 amide bonds. The SMILES string of the molecule is O=C(O)[C@H]1CCCN(c2ccc([N+](=O)[O-])cc2)C1. The molecule has 1 aliphatic rings. The maximum absolute atomic E-state index is 11.0. The van der Waals surface area contributed by atoms with Crippen LogP contribution in [0.3, 0.4) is 0 Å². The predicted octanol–water partition coefficient (Wildman–Crippen LogP) is 1.90. The topological polar surface area (TPSA) is 83.7 Å². The van der Waals surface area contributed by atoms with Crippen molar-refractivity contribution in [3.05, 3.63) is 34.4 Å². The number of carboxylic acids is 1. The molecule has 1 aromatic rings. The Morgan fingerprint density at radius 1 is 1.39 bits per heavy atom. The fourth-order valence-electron chi connectivity index (χ4n) is 2.20. The summed E-state index contributed by atoms with van der Waals surface area (Å²) in [5.74, 6) is -1.13. The van der Waals surface area contributed by atoms with E-state index in [2.05, 4.69) is 0 Å². The Hall–Kier alpha value is -2.11. The lowest BCUT2D eigenvalue weighted by Crippen LogP contribution is -2.38. The van der Waals surface area contributed by atoms with Crippen LogP contribution in [0, 0.1) is 16.0 Å². The van der Waals surface area contributed by atoms with Gasteiger partial charge >= 0.3 is 5.97 Å². The zero-order valence-corrected chi connectivity index (χ0v) is 9.78. The summed E-state index contributed by atoms with van der Waals surface area (Å²) >= 11 is 0. The van der Waals surface area contributed by atoms with Gasteiger partial charge in [-0.1, -0.05) is 0 Å². The summed E-state index contributed by atoms with van der Waals surface area (Å²) < 4.78 is 0. The lowest BCUT2D eigenvalue weighted by molar-refractivity contribution is -0.384. The standard InChI is InChI=1S/C12H14N2O4/c15-12(16)9-2-1-7-13(8-9)10-3-5-11(6-4-10)14(17)18/h3-6,9H,1-2,7-8H2,(H,15,16)/t9-/m0/s1. The lowest BCUT2D eigenvalue weighted by Gasteiger charge is -2.32. The van der Waals surface area contributed by atoms with Gasteiger partial charge in [0.2, 0.25) is 0 Å². The van der Waals surface area contributed by atoms with E-state index >= 15 is 0 Å². The molecule has 1 fully saturated rings. The molecule has 1 heterocycles. The number of anilines is 1. The number of hydrogen-bond donors (Lipinski definition) is 1. The largest absolute Gasteiger partial charge is 0.481 e. The quantitative estimate of drug-likeness (QED) is 0.654. The molecule has 1 aliphatic heterocycles. The number of nitro benzene ring substituents is 1. The van der Waals surface area contributed by atoms with Gasteiger partial charge in [-0.2, -0.15) is 0 Å². The second-order valence-electron chi connectivity index (χ2n) is 4.40. The van der Waals surface area contributed by atoms with E-state index in [9.17, 15) is 14.9 Å². The Labute approximate surface area is 104 Å². The van der Waals surface area contributed by atoms with E-state index in [1.807, 2.05) is 4.90 Å². The van der Waals surface area contributed by atoms with Crippen molar-refractivity contribution in [1.29, 1.82) is 0 Å². The number of aliphatic carboxylic acids is 1. The molecule has 0 aromatic heterocycles.